The summed E-state index contributed by atoms with van der Waals surface area (Å²) in [6.45, 7) is 2.77. The molecular weight excluding hydrogens is 312 g/mol. The van der Waals surface area contributed by atoms with E-state index >= 15 is 0 Å². The Hall–Kier alpha value is -1.07. The van der Waals surface area contributed by atoms with Crippen molar-refractivity contribution in [1.29, 1.82) is 0 Å². The lowest BCUT2D eigenvalue weighted by molar-refractivity contribution is -0.154. The lowest BCUT2D eigenvalue weighted by Crippen LogP contribution is -2.27. The summed E-state index contributed by atoms with van der Waals surface area (Å²) in [7, 11) is 1.51. The number of hydrogen-bond donors (Lipinski definition) is 0. The number of esters is 1. The molecule has 0 saturated carbocycles. The first-order valence-electron chi connectivity index (χ1n) is 6.18. The molecule has 1 rings (SSSR count). The maximum Gasteiger partial charge on any atom is 0.335 e. The molecule has 1 aromatic rings. The predicted octanol–water partition coefficient (Wildman–Crippen LogP) is 2.58. The average Bonchev–Trinajstić information content (AvgIpc) is 2.44. The summed E-state index contributed by atoms with van der Waals surface area (Å²) >= 11 is 3.30. The van der Waals surface area contributed by atoms with Gasteiger partial charge in [0.1, 0.15) is 5.75 Å². The lowest BCUT2D eigenvalue weighted by atomic mass is 10.1. The van der Waals surface area contributed by atoms with E-state index in [1.165, 1.54) is 7.11 Å². The molecule has 0 aromatic heterocycles. The van der Waals surface area contributed by atoms with Crippen LogP contribution in [0.25, 0.3) is 0 Å². The lowest BCUT2D eigenvalue weighted by Gasteiger charge is -2.14. The van der Waals surface area contributed by atoms with Crippen molar-refractivity contribution in [3.63, 3.8) is 0 Å². The van der Waals surface area contributed by atoms with Crippen molar-refractivity contribution in [2.24, 2.45) is 0 Å². The minimum Gasteiger partial charge on any atom is -0.493 e. The highest BCUT2D eigenvalue weighted by Crippen LogP contribution is 2.14. The third kappa shape index (κ3) is 5.61. The van der Waals surface area contributed by atoms with Gasteiger partial charge in [-0.05, 0) is 24.6 Å². The van der Waals surface area contributed by atoms with E-state index in [2.05, 4.69) is 15.9 Å². The molecule has 1 aromatic carbocycles. The smallest absolute Gasteiger partial charge is 0.335 e. The maximum atomic E-state index is 11.6. The van der Waals surface area contributed by atoms with Gasteiger partial charge in [0.05, 0.1) is 13.2 Å². The molecule has 0 saturated heterocycles. The fraction of sp³-hybridized carbons (Fsp3) is 0.500. The van der Waals surface area contributed by atoms with Crippen molar-refractivity contribution >= 4 is 21.9 Å². The first-order chi connectivity index (χ1) is 9.21. The van der Waals surface area contributed by atoms with E-state index in [1.54, 1.807) is 6.92 Å². The van der Waals surface area contributed by atoms with Crippen LogP contribution in [0.1, 0.15) is 12.5 Å². The zero-order valence-corrected chi connectivity index (χ0v) is 12.8. The Morgan fingerprint density at radius 3 is 2.53 bits per heavy atom. The van der Waals surface area contributed by atoms with Gasteiger partial charge in [-0.2, -0.15) is 0 Å². The van der Waals surface area contributed by atoms with Gasteiger partial charge in [0.15, 0.2) is 6.10 Å². The van der Waals surface area contributed by atoms with Crippen molar-refractivity contribution in [2.75, 3.05) is 25.7 Å². The zero-order valence-electron chi connectivity index (χ0n) is 11.2. The van der Waals surface area contributed by atoms with Crippen molar-refractivity contribution in [1.82, 2.24) is 0 Å². The monoisotopic (exact) mass is 330 g/mol. The van der Waals surface area contributed by atoms with E-state index < -0.39 is 6.10 Å². The molecule has 0 fully saturated rings. The fourth-order valence-electron chi connectivity index (χ4n) is 1.59. The van der Waals surface area contributed by atoms with Crippen molar-refractivity contribution < 1.29 is 19.0 Å². The number of alkyl halides is 1. The summed E-state index contributed by atoms with van der Waals surface area (Å²) in [5.41, 5.74) is 1.01. The standard InChI is InChI=1S/C14H19BrO4/c1-3-18-14(16)13(17-2)10-11-4-6-12(7-5-11)19-9-8-15/h4-7,13H,3,8-10H2,1-2H3. The van der Waals surface area contributed by atoms with E-state index in [9.17, 15) is 4.79 Å². The molecule has 1 atom stereocenters. The molecule has 0 N–H and O–H groups in total. The molecule has 106 valence electrons. The van der Waals surface area contributed by atoms with Crippen LogP contribution in [0.5, 0.6) is 5.75 Å². The molecule has 0 heterocycles. The number of carbonyl (C=O) groups is 1. The third-order valence-electron chi connectivity index (χ3n) is 2.52. The highest BCUT2D eigenvalue weighted by Gasteiger charge is 2.19. The van der Waals surface area contributed by atoms with E-state index in [0.717, 1.165) is 16.6 Å². The first-order valence-corrected chi connectivity index (χ1v) is 7.30. The van der Waals surface area contributed by atoms with Crippen molar-refractivity contribution in [3.05, 3.63) is 29.8 Å². The van der Waals surface area contributed by atoms with Crippen molar-refractivity contribution in [2.45, 2.75) is 19.4 Å². The summed E-state index contributed by atoms with van der Waals surface area (Å²) in [6.07, 6.45) is -0.0668. The van der Waals surface area contributed by atoms with Crippen LogP contribution >= 0.6 is 15.9 Å². The van der Waals surface area contributed by atoms with Crippen LogP contribution in [0.4, 0.5) is 0 Å². The van der Waals surface area contributed by atoms with Crippen LogP contribution in [0.15, 0.2) is 24.3 Å². The number of methoxy groups -OCH3 is 1. The SMILES string of the molecule is CCOC(=O)C(Cc1ccc(OCCBr)cc1)OC. The predicted molar refractivity (Wildman–Crippen MR) is 76.9 cm³/mol. The Balaban J connectivity index is 2.57. The Bertz CT molecular complexity index is 378. The van der Waals surface area contributed by atoms with E-state index in [-0.39, 0.29) is 5.97 Å². The van der Waals surface area contributed by atoms with Gasteiger partial charge in [0, 0.05) is 18.9 Å². The quantitative estimate of drug-likeness (QED) is 0.543. The number of rotatable bonds is 8. The minimum atomic E-state index is -0.561. The summed E-state index contributed by atoms with van der Waals surface area (Å²) in [5, 5.41) is 0.795. The Kier molecular flexibility index (Phi) is 7.52. The third-order valence-corrected chi connectivity index (χ3v) is 2.85. The Morgan fingerprint density at radius 1 is 1.32 bits per heavy atom. The van der Waals surface area contributed by atoms with Gasteiger partial charge in [0.25, 0.3) is 0 Å². The number of ether oxygens (including phenoxy) is 3. The molecule has 19 heavy (non-hydrogen) atoms. The molecule has 5 heteroatoms. The highest BCUT2D eigenvalue weighted by molar-refractivity contribution is 9.09. The summed E-state index contributed by atoms with van der Waals surface area (Å²) in [5.74, 6) is 0.484. The van der Waals surface area contributed by atoms with Crippen LogP contribution in [-0.2, 0) is 20.7 Å². The maximum absolute atomic E-state index is 11.6. The molecule has 0 aliphatic heterocycles. The van der Waals surface area contributed by atoms with Gasteiger partial charge in [-0.3, -0.25) is 0 Å². The van der Waals surface area contributed by atoms with Crippen LogP contribution in [-0.4, -0.2) is 37.7 Å². The summed E-state index contributed by atoms with van der Waals surface area (Å²) in [6, 6.07) is 7.62. The molecule has 0 aliphatic carbocycles. The minimum absolute atomic E-state index is 0.329. The highest BCUT2D eigenvalue weighted by atomic mass is 79.9. The van der Waals surface area contributed by atoms with Crippen molar-refractivity contribution in [3.8, 4) is 5.75 Å². The van der Waals surface area contributed by atoms with Gasteiger partial charge >= 0.3 is 5.97 Å². The van der Waals surface area contributed by atoms with Gasteiger partial charge < -0.3 is 14.2 Å². The Labute approximate surface area is 122 Å². The molecular formula is C14H19BrO4. The molecule has 1 unspecified atom stereocenters. The van der Waals surface area contributed by atoms with Crippen LogP contribution in [0.2, 0.25) is 0 Å². The van der Waals surface area contributed by atoms with Crippen LogP contribution < -0.4 is 4.74 Å². The molecule has 0 aliphatic rings. The summed E-state index contributed by atoms with van der Waals surface area (Å²) < 4.78 is 15.6. The van der Waals surface area contributed by atoms with E-state index in [0.29, 0.717) is 19.6 Å². The summed E-state index contributed by atoms with van der Waals surface area (Å²) in [4.78, 5) is 11.6. The van der Waals surface area contributed by atoms with Gasteiger partial charge in [-0.25, -0.2) is 4.79 Å². The number of carbonyl (C=O) groups excluding carboxylic acids is 1. The average molecular weight is 331 g/mol. The van der Waals surface area contributed by atoms with E-state index in [1.807, 2.05) is 24.3 Å². The number of halogens is 1. The molecule has 0 bridgehead atoms. The Morgan fingerprint density at radius 2 is 2.00 bits per heavy atom. The second-order valence-electron chi connectivity index (χ2n) is 3.86. The topological polar surface area (TPSA) is 44.8 Å². The van der Waals surface area contributed by atoms with Gasteiger partial charge in [-0.15, -0.1) is 0 Å². The second kappa shape index (κ2) is 8.93. The van der Waals surface area contributed by atoms with Gasteiger partial charge in [0.2, 0.25) is 0 Å². The zero-order chi connectivity index (χ0) is 14.1. The molecule has 4 nitrogen and oxygen atoms in total. The van der Waals surface area contributed by atoms with Gasteiger partial charge in [-0.1, -0.05) is 28.1 Å². The number of benzene rings is 1. The molecule has 0 amide bonds. The molecule has 0 radical (unpaired) electrons. The van der Waals surface area contributed by atoms with Crippen LogP contribution in [0, 0.1) is 0 Å². The number of hydrogen-bond acceptors (Lipinski definition) is 4. The fourth-order valence-corrected chi connectivity index (χ4v) is 1.75. The van der Waals surface area contributed by atoms with Crippen LogP contribution in [0.3, 0.4) is 0 Å². The largest absolute Gasteiger partial charge is 0.493 e. The molecule has 0 spiro atoms. The normalized spacial score (nSPS) is 11.9. The second-order valence-corrected chi connectivity index (χ2v) is 4.65. The first kappa shape index (κ1) is 16.0. The van der Waals surface area contributed by atoms with E-state index in [4.69, 9.17) is 14.2 Å².